The van der Waals surface area contributed by atoms with Crippen LogP contribution in [0.5, 0.6) is 5.75 Å². The van der Waals surface area contributed by atoms with Gasteiger partial charge in [0.15, 0.2) is 6.61 Å². The number of hydrogen-bond donors (Lipinski definition) is 1. The molecule has 122 valence electrons. The molecule has 0 radical (unpaired) electrons. The molecule has 6 heteroatoms. The van der Waals surface area contributed by atoms with Crippen LogP contribution >= 0.6 is 0 Å². The van der Waals surface area contributed by atoms with Gasteiger partial charge >= 0.3 is 0 Å². The summed E-state index contributed by atoms with van der Waals surface area (Å²) in [6, 6.07) is 4.58. The molecule has 0 spiro atoms. The lowest BCUT2D eigenvalue weighted by Crippen LogP contribution is -2.36. The van der Waals surface area contributed by atoms with Crippen LogP contribution in [0.3, 0.4) is 0 Å². The maximum Gasteiger partial charge on any atom is 0.272 e. The van der Waals surface area contributed by atoms with Gasteiger partial charge in [0, 0.05) is 17.7 Å². The zero-order chi connectivity index (χ0) is 16.5. The normalized spacial score (nSPS) is 11.8. The van der Waals surface area contributed by atoms with Gasteiger partial charge in [-0.25, -0.2) is 0 Å². The van der Waals surface area contributed by atoms with Crippen LogP contribution in [0.2, 0.25) is 0 Å². The number of carbonyl (C=O) groups is 1. The van der Waals surface area contributed by atoms with E-state index in [1.807, 2.05) is 6.92 Å². The topological polar surface area (TPSA) is 81.5 Å². The number of amides is 1. The Balaban J connectivity index is 2.41. The van der Waals surface area contributed by atoms with Gasteiger partial charge in [0.05, 0.1) is 4.92 Å². The van der Waals surface area contributed by atoms with Crippen LogP contribution in [-0.2, 0) is 4.79 Å². The second-order valence-electron chi connectivity index (χ2n) is 5.46. The molecule has 0 aliphatic heterocycles. The fourth-order valence-corrected chi connectivity index (χ4v) is 2.16. The zero-order valence-electron chi connectivity index (χ0n) is 13.4. The number of nitro benzene ring substituents is 1. The van der Waals surface area contributed by atoms with Gasteiger partial charge in [0.1, 0.15) is 5.75 Å². The summed E-state index contributed by atoms with van der Waals surface area (Å²) in [7, 11) is 0. The molecule has 0 aliphatic rings. The quantitative estimate of drug-likeness (QED) is 0.431. The van der Waals surface area contributed by atoms with Crippen molar-refractivity contribution in [2.24, 2.45) is 0 Å². The van der Waals surface area contributed by atoms with Crippen molar-refractivity contribution in [2.75, 3.05) is 6.61 Å². The first kappa shape index (κ1) is 17.9. The summed E-state index contributed by atoms with van der Waals surface area (Å²) >= 11 is 0. The molecule has 22 heavy (non-hydrogen) atoms. The van der Waals surface area contributed by atoms with Crippen molar-refractivity contribution in [1.29, 1.82) is 0 Å². The largest absolute Gasteiger partial charge is 0.484 e. The average Bonchev–Trinajstić information content (AvgIpc) is 2.45. The number of unbranched alkanes of at least 4 members (excludes halogenated alkanes) is 2. The Morgan fingerprint density at radius 2 is 2.14 bits per heavy atom. The lowest BCUT2D eigenvalue weighted by molar-refractivity contribution is -0.385. The molecule has 1 rings (SSSR count). The third-order valence-electron chi connectivity index (χ3n) is 3.38. The number of aryl methyl sites for hydroxylation is 1. The van der Waals surface area contributed by atoms with Gasteiger partial charge in [-0.2, -0.15) is 0 Å². The summed E-state index contributed by atoms with van der Waals surface area (Å²) in [5, 5.41) is 13.6. The Morgan fingerprint density at radius 3 is 2.73 bits per heavy atom. The molecular formula is C16H24N2O4. The van der Waals surface area contributed by atoms with Crippen LogP contribution in [0, 0.1) is 17.0 Å². The maximum atomic E-state index is 11.8. The Bertz CT molecular complexity index is 517. The highest BCUT2D eigenvalue weighted by atomic mass is 16.6. The molecule has 1 N–H and O–H groups in total. The predicted octanol–water partition coefficient (Wildman–Crippen LogP) is 3.37. The Hall–Kier alpha value is -2.11. The smallest absolute Gasteiger partial charge is 0.272 e. The van der Waals surface area contributed by atoms with E-state index in [0.717, 1.165) is 19.3 Å². The molecule has 0 aromatic heterocycles. The van der Waals surface area contributed by atoms with Gasteiger partial charge in [-0.1, -0.05) is 26.2 Å². The molecule has 0 saturated carbocycles. The molecule has 6 nitrogen and oxygen atoms in total. The van der Waals surface area contributed by atoms with Crippen molar-refractivity contribution in [3.63, 3.8) is 0 Å². The highest BCUT2D eigenvalue weighted by Gasteiger charge is 2.12. The summed E-state index contributed by atoms with van der Waals surface area (Å²) < 4.78 is 5.38. The fraction of sp³-hybridized carbons (Fsp3) is 0.562. The van der Waals surface area contributed by atoms with E-state index >= 15 is 0 Å². The Labute approximate surface area is 131 Å². The Morgan fingerprint density at radius 1 is 1.41 bits per heavy atom. The lowest BCUT2D eigenvalue weighted by atomic mass is 10.1. The summed E-state index contributed by atoms with van der Waals surface area (Å²) in [6.07, 6.45) is 4.37. The number of nitro groups is 1. The first-order valence-corrected chi connectivity index (χ1v) is 7.61. The molecule has 1 atom stereocenters. The molecule has 1 amide bonds. The van der Waals surface area contributed by atoms with Crippen LogP contribution in [0.15, 0.2) is 18.2 Å². The zero-order valence-corrected chi connectivity index (χ0v) is 13.4. The lowest BCUT2D eigenvalue weighted by Gasteiger charge is -2.14. The predicted molar refractivity (Wildman–Crippen MR) is 85.1 cm³/mol. The van der Waals surface area contributed by atoms with Crippen LogP contribution in [0.4, 0.5) is 5.69 Å². The number of ether oxygens (including phenoxy) is 1. The van der Waals surface area contributed by atoms with Gasteiger partial charge in [-0.15, -0.1) is 0 Å². The first-order chi connectivity index (χ1) is 10.4. The van der Waals surface area contributed by atoms with Crippen LogP contribution in [-0.4, -0.2) is 23.5 Å². The molecule has 0 heterocycles. The van der Waals surface area contributed by atoms with Crippen LogP contribution in [0.25, 0.3) is 0 Å². The number of nitrogens with one attached hydrogen (secondary N) is 1. The SMILES string of the molecule is CCCCCC(C)NC(=O)COc1ccc([N+](=O)[O-])c(C)c1. The van der Waals surface area contributed by atoms with Crippen LogP contribution < -0.4 is 10.1 Å². The first-order valence-electron chi connectivity index (χ1n) is 7.61. The number of carbonyl (C=O) groups excluding carboxylic acids is 1. The molecule has 1 aromatic carbocycles. The molecule has 1 unspecified atom stereocenters. The Kier molecular flexibility index (Phi) is 7.36. The van der Waals surface area contributed by atoms with Gasteiger partial charge in [0.2, 0.25) is 0 Å². The number of benzene rings is 1. The van der Waals surface area contributed by atoms with Crippen molar-refractivity contribution in [3.8, 4) is 5.75 Å². The summed E-state index contributed by atoms with van der Waals surface area (Å²) in [5.41, 5.74) is 0.553. The van der Waals surface area contributed by atoms with Crippen molar-refractivity contribution >= 4 is 11.6 Å². The number of rotatable bonds is 9. The van der Waals surface area contributed by atoms with E-state index in [1.165, 1.54) is 18.6 Å². The summed E-state index contributed by atoms with van der Waals surface area (Å²) in [6.45, 7) is 5.67. The van der Waals surface area contributed by atoms with Crippen molar-refractivity contribution in [3.05, 3.63) is 33.9 Å². The standard InChI is InChI=1S/C16H24N2O4/c1-4-5-6-7-13(3)17-16(19)11-22-14-8-9-15(18(20)21)12(2)10-14/h8-10,13H,4-7,11H2,1-3H3,(H,17,19). The minimum Gasteiger partial charge on any atom is -0.484 e. The van der Waals surface area contributed by atoms with E-state index in [4.69, 9.17) is 4.74 Å². The third-order valence-corrected chi connectivity index (χ3v) is 3.38. The van der Waals surface area contributed by atoms with E-state index in [-0.39, 0.29) is 24.2 Å². The van der Waals surface area contributed by atoms with E-state index in [1.54, 1.807) is 13.0 Å². The molecule has 0 fully saturated rings. The van der Waals surface area contributed by atoms with Gasteiger partial charge < -0.3 is 10.1 Å². The highest BCUT2D eigenvalue weighted by Crippen LogP contribution is 2.22. The van der Waals surface area contributed by atoms with Crippen molar-refractivity contribution in [2.45, 2.75) is 52.5 Å². The van der Waals surface area contributed by atoms with Crippen LogP contribution in [0.1, 0.15) is 45.1 Å². The van der Waals surface area contributed by atoms with Crippen molar-refractivity contribution < 1.29 is 14.5 Å². The summed E-state index contributed by atoms with van der Waals surface area (Å²) in [4.78, 5) is 22.1. The molecule has 0 aliphatic carbocycles. The number of hydrogen-bond acceptors (Lipinski definition) is 4. The number of nitrogens with zero attached hydrogens (tertiary/aromatic N) is 1. The monoisotopic (exact) mass is 308 g/mol. The summed E-state index contributed by atoms with van der Waals surface area (Å²) in [5.74, 6) is 0.275. The molecule has 1 aromatic rings. The molecule has 0 saturated heterocycles. The minimum absolute atomic E-state index is 0.0429. The van der Waals surface area contributed by atoms with E-state index in [9.17, 15) is 14.9 Å². The van der Waals surface area contributed by atoms with E-state index in [2.05, 4.69) is 12.2 Å². The maximum absolute atomic E-state index is 11.8. The minimum atomic E-state index is -0.441. The second kappa shape index (κ2) is 9.02. The molecular weight excluding hydrogens is 284 g/mol. The fourth-order valence-electron chi connectivity index (χ4n) is 2.16. The molecule has 0 bridgehead atoms. The van der Waals surface area contributed by atoms with Gasteiger partial charge in [-0.05, 0) is 32.4 Å². The van der Waals surface area contributed by atoms with Gasteiger partial charge in [0.25, 0.3) is 11.6 Å². The average molecular weight is 308 g/mol. The second-order valence-corrected chi connectivity index (χ2v) is 5.46. The third kappa shape index (κ3) is 6.11. The van der Waals surface area contributed by atoms with E-state index < -0.39 is 4.92 Å². The van der Waals surface area contributed by atoms with Gasteiger partial charge in [-0.3, -0.25) is 14.9 Å². The van der Waals surface area contributed by atoms with E-state index in [0.29, 0.717) is 11.3 Å². The van der Waals surface area contributed by atoms with Crippen molar-refractivity contribution in [1.82, 2.24) is 5.32 Å². The highest BCUT2D eigenvalue weighted by molar-refractivity contribution is 5.77.